The van der Waals surface area contributed by atoms with Crippen LogP contribution < -0.4 is 0 Å². The Labute approximate surface area is 118 Å². The van der Waals surface area contributed by atoms with Gasteiger partial charge in [0.05, 0.1) is 5.88 Å². The fourth-order valence-corrected chi connectivity index (χ4v) is 3.79. The highest BCUT2D eigenvalue weighted by atomic mass is 35.5. The van der Waals surface area contributed by atoms with E-state index in [2.05, 4.69) is 0 Å². The first-order valence-electron chi connectivity index (χ1n) is 6.21. The molecule has 7 heteroatoms. The van der Waals surface area contributed by atoms with E-state index < -0.39 is 10.0 Å². The van der Waals surface area contributed by atoms with Crippen molar-refractivity contribution >= 4 is 21.6 Å². The van der Waals surface area contributed by atoms with E-state index in [1.165, 1.54) is 10.4 Å². The lowest BCUT2D eigenvalue weighted by molar-refractivity contribution is 0.121. The molecule has 1 aromatic rings. The number of halogens is 1. The molecule has 0 unspecified atom stereocenters. The number of furan rings is 1. The maximum absolute atomic E-state index is 12.3. The van der Waals surface area contributed by atoms with Gasteiger partial charge in [0.1, 0.15) is 5.76 Å². The number of rotatable bonds is 5. The minimum Gasteiger partial charge on any atom is -0.447 e. The number of piperidine rings is 1. The number of nitrogens with zero attached hydrogens (tertiary/aromatic N) is 1. The highest BCUT2D eigenvalue weighted by Gasteiger charge is 2.31. The van der Waals surface area contributed by atoms with Crippen molar-refractivity contribution in [3.05, 3.63) is 17.9 Å². The standard InChI is InChI=1S/C12H18ClNO4S/c1-17-9-10-4-6-14(7-5-10)19(15,16)12-3-2-11(8-13)18-12/h2-3,10H,4-9H2,1H3. The molecule has 1 fully saturated rings. The third kappa shape index (κ3) is 3.31. The summed E-state index contributed by atoms with van der Waals surface area (Å²) in [6.45, 7) is 1.70. The first-order chi connectivity index (χ1) is 9.07. The van der Waals surface area contributed by atoms with Crippen molar-refractivity contribution in [1.82, 2.24) is 4.31 Å². The quantitative estimate of drug-likeness (QED) is 0.781. The van der Waals surface area contributed by atoms with E-state index >= 15 is 0 Å². The molecule has 1 aromatic heterocycles. The molecule has 2 rings (SSSR count). The molecule has 0 spiro atoms. The van der Waals surface area contributed by atoms with Crippen LogP contribution in [0.15, 0.2) is 21.6 Å². The molecule has 1 saturated heterocycles. The van der Waals surface area contributed by atoms with Crippen molar-refractivity contribution in [3.63, 3.8) is 0 Å². The van der Waals surface area contributed by atoms with E-state index in [9.17, 15) is 8.42 Å². The first kappa shape index (κ1) is 14.8. The smallest absolute Gasteiger partial charge is 0.276 e. The Hall–Kier alpha value is -0.560. The van der Waals surface area contributed by atoms with E-state index in [-0.39, 0.29) is 11.0 Å². The Morgan fingerprint density at radius 1 is 1.42 bits per heavy atom. The molecular formula is C12H18ClNO4S. The van der Waals surface area contributed by atoms with Crippen molar-refractivity contribution in [1.29, 1.82) is 0 Å². The van der Waals surface area contributed by atoms with Gasteiger partial charge in [0.15, 0.2) is 0 Å². The molecule has 1 aliphatic heterocycles. The molecule has 0 bridgehead atoms. The summed E-state index contributed by atoms with van der Waals surface area (Å²) >= 11 is 5.61. The van der Waals surface area contributed by atoms with E-state index in [1.54, 1.807) is 13.2 Å². The number of hydrogen-bond donors (Lipinski definition) is 0. The maximum atomic E-state index is 12.3. The molecule has 0 N–H and O–H groups in total. The normalized spacial score (nSPS) is 18.8. The molecule has 0 aliphatic carbocycles. The van der Waals surface area contributed by atoms with Crippen LogP contribution in [0, 0.1) is 5.92 Å². The summed E-state index contributed by atoms with van der Waals surface area (Å²) < 4.78 is 36.5. The number of methoxy groups -OCH3 is 1. The zero-order valence-corrected chi connectivity index (χ0v) is 12.4. The maximum Gasteiger partial charge on any atom is 0.276 e. The fourth-order valence-electron chi connectivity index (χ4n) is 2.25. The van der Waals surface area contributed by atoms with Crippen LogP contribution >= 0.6 is 11.6 Å². The van der Waals surface area contributed by atoms with Gasteiger partial charge in [-0.15, -0.1) is 11.6 Å². The van der Waals surface area contributed by atoms with Crippen LogP contribution in [-0.4, -0.2) is 39.5 Å². The third-order valence-electron chi connectivity index (χ3n) is 3.34. The summed E-state index contributed by atoms with van der Waals surface area (Å²) in [7, 11) is -1.86. The van der Waals surface area contributed by atoms with E-state index in [0.29, 0.717) is 31.4 Å². The minimum absolute atomic E-state index is 0.0201. The lowest BCUT2D eigenvalue weighted by atomic mass is 9.99. The summed E-state index contributed by atoms with van der Waals surface area (Å²) in [5, 5.41) is -0.0201. The van der Waals surface area contributed by atoms with Gasteiger partial charge in [-0.05, 0) is 30.9 Å². The fraction of sp³-hybridized carbons (Fsp3) is 0.667. The van der Waals surface area contributed by atoms with Gasteiger partial charge in [0.2, 0.25) is 5.09 Å². The Bertz CT molecular complexity index is 506. The van der Waals surface area contributed by atoms with Gasteiger partial charge in [-0.2, -0.15) is 4.31 Å². The average molecular weight is 308 g/mol. The molecule has 0 atom stereocenters. The predicted octanol–water partition coefficient (Wildman–Crippen LogP) is 2.07. The van der Waals surface area contributed by atoms with Gasteiger partial charge >= 0.3 is 0 Å². The zero-order chi connectivity index (χ0) is 13.9. The monoisotopic (exact) mass is 307 g/mol. The molecule has 0 radical (unpaired) electrons. The molecule has 2 heterocycles. The molecular weight excluding hydrogens is 290 g/mol. The van der Waals surface area contributed by atoms with Crippen LogP contribution in [0.4, 0.5) is 0 Å². The first-order valence-corrected chi connectivity index (χ1v) is 8.19. The van der Waals surface area contributed by atoms with Gasteiger partial charge in [-0.25, -0.2) is 8.42 Å². The largest absolute Gasteiger partial charge is 0.447 e. The average Bonchev–Trinajstić information content (AvgIpc) is 2.89. The number of ether oxygens (including phenoxy) is 1. The molecule has 5 nitrogen and oxygen atoms in total. The van der Waals surface area contributed by atoms with Crippen molar-refractivity contribution in [2.24, 2.45) is 5.92 Å². The summed E-state index contributed by atoms with van der Waals surface area (Å²) in [5.74, 6) is 1.08. The second kappa shape index (κ2) is 6.26. The van der Waals surface area contributed by atoms with Crippen LogP contribution in [0.1, 0.15) is 18.6 Å². The minimum atomic E-state index is -3.52. The van der Waals surface area contributed by atoms with Gasteiger partial charge < -0.3 is 9.15 Å². The molecule has 0 amide bonds. The molecule has 108 valence electrons. The van der Waals surface area contributed by atoms with E-state index in [0.717, 1.165) is 12.8 Å². The van der Waals surface area contributed by atoms with Gasteiger partial charge in [0.25, 0.3) is 10.0 Å². The number of sulfonamides is 1. The summed E-state index contributed by atoms with van der Waals surface area (Å²) in [5.41, 5.74) is 0. The molecule has 1 aliphatic rings. The second-order valence-corrected chi connectivity index (χ2v) is 6.79. The van der Waals surface area contributed by atoms with Crippen molar-refractivity contribution < 1.29 is 17.6 Å². The third-order valence-corrected chi connectivity index (χ3v) is 5.38. The molecule has 19 heavy (non-hydrogen) atoms. The van der Waals surface area contributed by atoms with Crippen molar-refractivity contribution in [2.75, 3.05) is 26.8 Å². The Morgan fingerprint density at radius 3 is 2.63 bits per heavy atom. The Kier molecular flexibility index (Phi) is 4.89. The summed E-state index contributed by atoms with van der Waals surface area (Å²) in [4.78, 5) is 0. The molecule has 0 saturated carbocycles. The second-order valence-electron chi connectivity index (χ2n) is 4.66. The van der Waals surface area contributed by atoms with Crippen molar-refractivity contribution in [3.8, 4) is 0 Å². The van der Waals surface area contributed by atoms with Crippen LogP contribution in [0.25, 0.3) is 0 Å². The van der Waals surface area contributed by atoms with Crippen LogP contribution in [0.5, 0.6) is 0 Å². The summed E-state index contributed by atoms with van der Waals surface area (Å²) in [6, 6.07) is 3.06. The van der Waals surface area contributed by atoms with Crippen LogP contribution in [-0.2, 0) is 20.6 Å². The van der Waals surface area contributed by atoms with Gasteiger partial charge in [0, 0.05) is 26.8 Å². The van der Waals surface area contributed by atoms with Gasteiger partial charge in [-0.3, -0.25) is 0 Å². The van der Waals surface area contributed by atoms with E-state index in [4.69, 9.17) is 20.8 Å². The van der Waals surface area contributed by atoms with Crippen LogP contribution in [0.3, 0.4) is 0 Å². The SMILES string of the molecule is COCC1CCN(S(=O)(=O)c2ccc(CCl)o2)CC1. The highest BCUT2D eigenvalue weighted by Crippen LogP contribution is 2.25. The molecule has 0 aromatic carbocycles. The number of hydrogen-bond acceptors (Lipinski definition) is 4. The topological polar surface area (TPSA) is 59.8 Å². The predicted molar refractivity (Wildman–Crippen MR) is 71.6 cm³/mol. The highest BCUT2D eigenvalue weighted by molar-refractivity contribution is 7.89. The zero-order valence-electron chi connectivity index (χ0n) is 10.8. The Balaban J connectivity index is 2.05. The number of alkyl halides is 1. The lowest BCUT2D eigenvalue weighted by Crippen LogP contribution is -2.39. The van der Waals surface area contributed by atoms with Gasteiger partial charge in [-0.1, -0.05) is 0 Å². The van der Waals surface area contributed by atoms with Crippen molar-refractivity contribution in [2.45, 2.75) is 23.8 Å². The van der Waals surface area contributed by atoms with Crippen LogP contribution in [0.2, 0.25) is 0 Å². The summed E-state index contributed by atoms with van der Waals surface area (Å²) in [6.07, 6.45) is 1.63. The lowest BCUT2D eigenvalue weighted by Gasteiger charge is -2.30. The Morgan fingerprint density at radius 2 is 2.11 bits per heavy atom. The van der Waals surface area contributed by atoms with E-state index in [1.807, 2.05) is 0 Å².